The summed E-state index contributed by atoms with van der Waals surface area (Å²) < 4.78 is 65.1. The smallest absolute Gasteiger partial charge is 0.306 e. The Bertz CT molecular complexity index is 1070. The van der Waals surface area contributed by atoms with Crippen molar-refractivity contribution in [2.45, 2.75) is 51.4 Å². The van der Waals surface area contributed by atoms with E-state index in [2.05, 4.69) is 0 Å². The zero-order chi connectivity index (χ0) is 45.4. The fourth-order valence-corrected chi connectivity index (χ4v) is 4.27. The first-order valence-electron chi connectivity index (χ1n) is 19.4. The quantitative estimate of drug-likeness (QED) is 0.0348. The van der Waals surface area contributed by atoms with E-state index < -0.39 is 53.2 Å². The number of esters is 4. The van der Waals surface area contributed by atoms with E-state index in [0.29, 0.717) is 0 Å². The topological polar surface area (TPSA) is 328 Å². The first-order valence-corrected chi connectivity index (χ1v) is 19.4. The van der Waals surface area contributed by atoms with Crippen LogP contribution in [0.3, 0.4) is 0 Å². The summed E-state index contributed by atoms with van der Waals surface area (Å²) in [5, 5.41) is 34.7. The lowest BCUT2D eigenvalue weighted by Gasteiger charge is -2.33. The van der Waals surface area contributed by atoms with Gasteiger partial charge in [-0.25, -0.2) is 0 Å². The molecule has 0 aromatic heterocycles. The van der Waals surface area contributed by atoms with E-state index in [0.717, 1.165) is 0 Å². The summed E-state index contributed by atoms with van der Waals surface area (Å²) in [6, 6.07) is 0. The third-order valence-electron chi connectivity index (χ3n) is 7.26. The van der Waals surface area contributed by atoms with Crippen molar-refractivity contribution in [1.29, 1.82) is 0 Å². The van der Waals surface area contributed by atoms with Gasteiger partial charge in [-0.1, -0.05) is 0 Å². The molecule has 0 bridgehead atoms. The van der Waals surface area contributed by atoms with Crippen LogP contribution in [0.25, 0.3) is 0 Å². The van der Waals surface area contributed by atoms with Crippen LogP contribution >= 0.6 is 0 Å². The Labute approximate surface area is 352 Å². The van der Waals surface area contributed by atoms with Crippen molar-refractivity contribution in [3.05, 3.63) is 0 Å². The van der Waals surface area contributed by atoms with Crippen LogP contribution < -0.4 is 0 Å². The van der Waals surface area contributed by atoms with Crippen LogP contribution in [-0.2, 0) is 95.2 Å². The molecule has 0 heterocycles. The van der Waals surface area contributed by atoms with Gasteiger partial charge in [-0.3, -0.25) is 38.4 Å². The van der Waals surface area contributed by atoms with Crippen molar-refractivity contribution in [3.8, 4) is 0 Å². The SMILES string of the molecule is O=C(O)CCC(=O)OCCOCCOCC(COCCOCCOC(=O)CCC(=O)O)(COCCOCCOC(=O)CCC(=O)O)COCCOCCOC(=O)CCC(=O)O. The van der Waals surface area contributed by atoms with Crippen LogP contribution in [0.1, 0.15) is 51.4 Å². The molecule has 61 heavy (non-hydrogen) atoms. The molecule has 0 unspecified atom stereocenters. The zero-order valence-corrected chi connectivity index (χ0v) is 34.3. The molecule has 0 atom stereocenters. The van der Waals surface area contributed by atoms with Crippen molar-refractivity contribution < 1.29 is 116 Å². The minimum atomic E-state index is -1.12. The number of hydrogen-bond donors (Lipinski definition) is 4. The molecule has 0 aliphatic carbocycles. The Morgan fingerprint density at radius 3 is 0.639 bits per heavy atom. The summed E-state index contributed by atoms with van der Waals surface area (Å²) in [5.41, 5.74) is -0.946. The number of carboxylic acid groups (broad SMARTS) is 4. The van der Waals surface area contributed by atoms with Gasteiger partial charge in [0.25, 0.3) is 0 Å². The monoisotopic (exact) mass is 888 g/mol. The minimum absolute atomic E-state index is 0.0218. The molecular formula is C37H60O24. The molecule has 0 aliphatic rings. The number of carboxylic acids is 4. The number of carbonyl (C=O) groups excluding carboxylic acids is 4. The van der Waals surface area contributed by atoms with Crippen molar-refractivity contribution in [2.75, 3.05) is 132 Å². The maximum absolute atomic E-state index is 11.6. The van der Waals surface area contributed by atoms with Gasteiger partial charge in [-0.15, -0.1) is 0 Å². The average molecular weight is 889 g/mol. The predicted octanol–water partition coefficient (Wildman–Crippen LogP) is -0.262. The molecule has 0 amide bonds. The summed E-state index contributed by atoms with van der Waals surface area (Å²) in [5.74, 6) is -7.16. The Kier molecular flexibility index (Phi) is 35.5. The summed E-state index contributed by atoms with van der Waals surface area (Å²) in [6.07, 6.45) is -2.45. The minimum Gasteiger partial charge on any atom is -0.481 e. The maximum Gasteiger partial charge on any atom is 0.306 e. The standard InChI is InChI=1S/C37H60O24/c38-29(39)1-5-33(46)58-21-17-50-9-13-54-25-37(26-55-14-10-51-18-22-59-34(47)6-2-30(40)41,27-56-15-11-52-19-23-60-35(48)7-3-31(42)43)28-57-16-12-53-20-24-61-36(49)8-4-32(44)45/h1-28H2,(H,38,39)(H,40,41)(H,42,43)(H,44,45). The number of aliphatic carboxylic acids is 4. The van der Waals surface area contributed by atoms with Crippen LogP contribution in [0.4, 0.5) is 0 Å². The molecule has 352 valence electrons. The van der Waals surface area contributed by atoms with E-state index in [9.17, 15) is 38.4 Å². The lowest BCUT2D eigenvalue weighted by atomic mass is 9.92. The second kappa shape index (κ2) is 38.4. The molecule has 0 saturated heterocycles. The van der Waals surface area contributed by atoms with Gasteiger partial charge in [0.15, 0.2) is 0 Å². The van der Waals surface area contributed by atoms with Crippen LogP contribution in [0.5, 0.6) is 0 Å². The number of hydrogen-bond acceptors (Lipinski definition) is 20. The molecule has 0 spiro atoms. The third kappa shape index (κ3) is 39.3. The van der Waals surface area contributed by atoms with E-state index in [-0.39, 0.29) is 184 Å². The third-order valence-corrected chi connectivity index (χ3v) is 7.26. The average Bonchev–Trinajstić information content (AvgIpc) is 3.21. The second-order valence-electron chi connectivity index (χ2n) is 12.6. The number of rotatable bonds is 44. The molecular weight excluding hydrogens is 828 g/mol. The van der Waals surface area contributed by atoms with Gasteiger partial charge in [0.1, 0.15) is 26.4 Å². The molecule has 0 aromatic rings. The van der Waals surface area contributed by atoms with Gasteiger partial charge in [0.05, 0.1) is 162 Å². The van der Waals surface area contributed by atoms with Gasteiger partial charge >= 0.3 is 47.8 Å². The van der Waals surface area contributed by atoms with Gasteiger partial charge < -0.3 is 77.3 Å². The highest BCUT2D eigenvalue weighted by molar-refractivity contribution is 5.78. The van der Waals surface area contributed by atoms with Crippen molar-refractivity contribution in [2.24, 2.45) is 5.41 Å². The van der Waals surface area contributed by atoms with Gasteiger partial charge in [0.2, 0.25) is 0 Å². The largest absolute Gasteiger partial charge is 0.481 e. The second-order valence-corrected chi connectivity index (χ2v) is 12.6. The summed E-state index contributed by atoms with van der Waals surface area (Å²) in [7, 11) is 0. The molecule has 0 aliphatic heterocycles. The molecule has 0 rings (SSSR count). The summed E-state index contributed by atoms with van der Waals surface area (Å²) >= 11 is 0. The summed E-state index contributed by atoms with van der Waals surface area (Å²) in [4.78, 5) is 88.7. The summed E-state index contributed by atoms with van der Waals surface area (Å²) in [6.45, 7) is 0.643. The lowest BCUT2D eigenvalue weighted by molar-refractivity contribution is -0.149. The van der Waals surface area contributed by atoms with Gasteiger partial charge in [-0.05, 0) is 0 Å². The lowest BCUT2D eigenvalue weighted by Crippen LogP contribution is -2.43. The maximum atomic E-state index is 11.6. The Balaban J connectivity index is 5.22. The Morgan fingerprint density at radius 1 is 0.262 bits per heavy atom. The predicted molar refractivity (Wildman–Crippen MR) is 200 cm³/mol. The zero-order valence-electron chi connectivity index (χ0n) is 34.3. The molecule has 24 heteroatoms. The van der Waals surface area contributed by atoms with E-state index in [1.165, 1.54) is 0 Å². The first-order chi connectivity index (χ1) is 29.2. The van der Waals surface area contributed by atoms with E-state index in [1.54, 1.807) is 0 Å². The van der Waals surface area contributed by atoms with Crippen molar-refractivity contribution in [3.63, 3.8) is 0 Å². The molecule has 0 aromatic carbocycles. The highest BCUT2D eigenvalue weighted by atomic mass is 16.6. The molecule has 0 fully saturated rings. The van der Waals surface area contributed by atoms with Crippen molar-refractivity contribution in [1.82, 2.24) is 0 Å². The Hall–Kier alpha value is -4.56. The fourth-order valence-electron chi connectivity index (χ4n) is 4.27. The van der Waals surface area contributed by atoms with Crippen LogP contribution in [0.2, 0.25) is 0 Å². The number of ether oxygens (including phenoxy) is 12. The van der Waals surface area contributed by atoms with Gasteiger partial charge in [0, 0.05) is 0 Å². The van der Waals surface area contributed by atoms with Gasteiger partial charge in [-0.2, -0.15) is 0 Å². The molecule has 4 N–H and O–H groups in total. The number of carbonyl (C=O) groups is 8. The van der Waals surface area contributed by atoms with Crippen LogP contribution in [0.15, 0.2) is 0 Å². The van der Waals surface area contributed by atoms with E-state index >= 15 is 0 Å². The molecule has 24 nitrogen and oxygen atoms in total. The highest BCUT2D eigenvalue weighted by Crippen LogP contribution is 2.21. The molecule has 0 radical (unpaired) electrons. The van der Waals surface area contributed by atoms with E-state index in [4.69, 9.17) is 77.3 Å². The highest BCUT2D eigenvalue weighted by Gasteiger charge is 2.32. The fraction of sp³-hybridized carbons (Fsp3) is 0.784. The normalized spacial score (nSPS) is 11.1. The van der Waals surface area contributed by atoms with Crippen LogP contribution in [-0.4, -0.2) is 200 Å². The van der Waals surface area contributed by atoms with Crippen LogP contribution in [0, 0.1) is 5.41 Å². The van der Waals surface area contributed by atoms with E-state index in [1.807, 2.05) is 0 Å². The van der Waals surface area contributed by atoms with Crippen molar-refractivity contribution >= 4 is 47.8 Å². The molecule has 0 saturated carbocycles. The Morgan fingerprint density at radius 2 is 0.443 bits per heavy atom. The first kappa shape index (κ1) is 56.4.